The Bertz CT molecular complexity index is 1300. The zero-order valence-corrected chi connectivity index (χ0v) is 15.7. The summed E-state index contributed by atoms with van der Waals surface area (Å²) in [6.45, 7) is 3.72. The van der Waals surface area contributed by atoms with Crippen LogP contribution in [0.15, 0.2) is 40.1 Å². The lowest BCUT2D eigenvalue weighted by Crippen LogP contribution is -2.35. The molecule has 0 spiro atoms. The second-order valence-corrected chi connectivity index (χ2v) is 7.35. The van der Waals surface area contributed by atoms with Gasteiger partial charge in [-0.2, -0.15) is 4.98 Å². The minimum atomic E-state index is -0.771. The number of H-pyrrole nitrogens is 2. The van der Waals surface area contributed by atoms with Crippen molar-refractivity contribution >= 4 is 39.6 Å². The molecule has 3 N–H and O–H groups in total. The number of aromatic amines is 2. The fourth-order valence-electron chi connectivity index (χ4n) is 3.06. The zero-order valence-electron chi connectivity index (χ0n) is 14.9. The van der Waals surface area contributed by atoms with Crippen LogP contribution in [0.3, 0.4) is 0 Å². The number of benzene rings is 1. The topological polar surface area (TPSA) is 108 Å². The molecule has 4 rings (SSSR count). The largest absolute Gasteiger partial charge is 0.345 e. The fourth-order valence-corrected chi connectivity index (χ4v) is 3.24. The highest BCUT2D eigenvalue weighted by molar-refractivity contribution is 6.31. The lowest BCUT2D eigenvalue weighted by atomic mass is 9.94. The van der Waals surface area contributed by atoms with Crippen molar-refractivity contribution in [2.24, 2.45) is 7.05 Å². The maximum Gasteiger partial charge on any atom is 0.327 e. The Balaban J connectivity index is 1.78. The van der Waals surface area contributed by atoms with Gasteiger partial charge in [0.1, 0.15) is 5.52 Å². The minimum Gasteiger partial charge on any atom is -0.345 e. The summed E-state index contributed by atoms with van der Waals surface area (Å²) in [5, 5.41) is 4.60. The van der Waals surface area contributed by atoms with Gasteiger partial charge in [0, 0.05) is 28.5 Å². The molecule has 3 heterocycles. The first-order valence-corrected chi connectivity index (χ1v) is 8.65. The number of pyridine rings is 1. The molecule has 0 saturated carbocycles. The molecule has 3 aromatic heterocycles. The maximum atomic E-state index is 12.6. The highest BCUT2D eigenvalue weighted by Crippen LogP contribution is 2.25. The number of anilines is 1. The van der Waals surface area contributed by atoms with Gasteiger partial charge in [-0.15, -0.1) is 0 Å². The van der Waals surface area contributed by atoms with Crippen LogP contribution in [0.5, 0.6) is 0 Å². The average Bonchev–Trinajstić information content (AvgIpc) is 2.88. The van der Waals surface area contributed by atoms with Crippen molar-refractivity contribution in [3.05, 3.63) is 61.9 Å². The van der Waals surface area contributed by atoms with Crippen molar-refractivity contribution < 1.29 is 0 Å². The van der Waals surface area contributed by atoms with Crippen molar-refractivity contribution in [2.75, 3.05) is 5.32 Å². The molecule has 0 fully saturated rings. The molecule has 9 heteroatoms. The van der Waals surface area contributed by atoms with Crippen molar-refractivity contribution in [3.63, 3.8) is 0 Å². The summed E-state index contributed by atoms with van der Waals surface area (Å²) < 4.78 is 1.40. The molecular formula is C18H17ClN6O2. The first kappa shape index (κ1) is 17.3. The average molecular weight is 385 g/mol. The molecule has 0 aliphatic heterocycles. The molecule has 27 heavy (non-hydrogen) atoms. The number of nitrogens with one attached hydrogen (secondary N) is 3. The van der Waals surface area contributed by atoms with E-state index in [9.17, 15) is 9.59 Å². The zero-order chi connectivity index (χ0) is 19.3. The van der Waals surface area contributed by atoms with E-state index in [2.05, 4.69) is 25.3 Å². The van der Waals surface area contributed by atoms with Crippen LogP contribution < -0.4 is 16.6 Å². The van der Waals surface area contributed by atoms with E-state index in [1.54, 1.807) is 31.3 Å². The van der Waals surface area contributed by atoms with Gasteiger partial charge in [0.15, 0.2) is 5.65 Å². The molecule has 8 nitrogen and oxygen atoms in total. The standard InChI is InChI=1S/C18H17ClN6O2/c1-18(2,11-7-9-6-10(19)4-5-12(9)21-15(11)26)24-16-20-8-13-14(23-16)25(3)17(27)22-13/h4-8H,1-3H3,(H,21,26)(H,22,27)(H,20,23,24). The van der Waals surface area contributed by atoms with Gasteiger partial charge in [-0.25, -0.2) is 9.78 Å². The van der Waals surface area contributed by atoms with Gasteiger partial charge >= 0.3 is 5.69 Å². The Morgan fingerprint density at radius 3 is 2.70 bits per heavy atom. The van der Waals surface area contributed by atoms with Crippen molar-refractivity contribution in [3.8, 4) is 0 Å². The molecule has 1 aromatic carbocycles. The van der Waals surface area contributed by atoms with E-state index < -0.39 is 5.54 Å². The molecule has 4 aromatic rings. The number of aromatic nitrogens is 5. The third-order valence-corrected chi connectivity index (χ3v) is 4.77. The van der Waals surface area contributed by atoms with Crippen LogP contribution in [-0.2, 0) is 12.6 Å². The van der Waals surface area contributed by atoms with E-state index in [1.165, 1.54) is 10.8 Å². The number of hydrogen-bond acceptors (Lipinski definition) is 5. The summed E-state index contributed by atoms with van der Waals surface area (Å²) in [5.74, 6) is 0.313. The molecule has 0 aliphatic rings. The van der Waals surface area contributed by atoms with Gasteiger partial charge in [0.25, 0.3) is 5.56 Å². The Morgan fingerprint density at radius 1 is 1.15 bits per heavy atom. The van der Waals surface area contributed by atoms with E-state index in [4.69, 9.17) is 11.6 Å². The summed E-state index contributed by atoms with van der Waals surface area (Å²) in [7, 11) is 1.63. The van der Waals surface area contributed by atoms with E-state index in [0.29, 0.717) is 33.2 Å². The molecule has 0 atom stereocenters. The summed E-state index contributed by atoms with van der Waals surface area (Å²) in [6.07, 6.45) is 1.53. The third-order valence-electron chi connectivity index (χ3n) is 4.54. The molecule has 0 amide bonds. The maximum absolute atomic E-state index is 12.6. The number of fused-ring (bicyclic) bond motifs is 2. The van der Waals surface area contributed by atoms with Crippen LogP contribution in [0.25, 0.3) is 22.1 Å². The fraction of sp³-hybridized carbons (Fsp3) is 0.222. The van der Waals surface area contributed by atoms with Crippen LogP contribution in [0.2, 0.25) is 5.02 Å². The lowest BCUT2D eigenvalue weighted by molar-refractivity contribution is 0.595. The second-order valence-electron chi connectivity index (χ2n) is 6.91. The summed E-state index contributed by atoms with van der Waals surface area (Å²) in [5.41, 5.74) is 1.01. The van der Waals surface area contributed by atoms with Crippen LogP contribution >= 0.6 is 11.6 Å². The first-order chi connectivity index (χ1) is 12.7. The molecular weight excluding hydrogens is 368 g/mol. The van der Waals surface area contributed by atoms with Crippen molar-refractivity contribution in [1.29, 1.82) is 0 Å². The molecule has 0 bridgehead atoms. The Hall–Kier alpha value is -3.13. The van der Waals surface area contributed by atoms with E-state index >= 15 is 0 Å². The quantitative estimate of drug-likeness (QED) is 0.503. The number of hydrogen-bond donors (Lipinski definition) is 3. The Kier molecular flexibility index (Phi) is 3.81. The predicted octanol–water partition coefficient (Wildman–Crippen LogP) is 2.50. The second kappa shape index (κ2) is 5.95. The number of imidazole rings is 1. The summed E-state index contributed by atoms with van der Waals surface area (Å²) in [4.78, 5) is 38.5. The number of nitrogens with zero attached hydrogens (tertiary/aromatic N) is 3. The molecule has 0 saturated heterocycles. The van der Waals surface area contributed by atoms with Crippen LogP contribution in [0.4, 0.5) is 5.95 Å². The number of halogens is 1. The summed E-state index contributed by atoms with van der Waals surface area (Å²) in [6, 6.07) is 7.10. The monoisotopic (exact) mass is 384 g/mol. The minimum absolute atomic E-state index is 0.211. The van der Waals surface area contributed by atoms with Crippen LogP contribution in [0.1, 0.15) is 19.4 Å². The SMILES string of the molecule is Cn1c(=O)[nH]c2cnc(NC(C)(C)c3cc4cc(Cl)ccc4[nH]c3=O)nc21. The number of aryl methyl sites for hydroxylation is 1. The van der Waals surface area contributed by atoms with Crippen molar-refractivity contribution in [2.45, 2.75) is 19.4 Å². The molecule has 0 radical (unpaired) electrons. The first-order valence-electron chi connectivity index (χ1n) is 8.27. The van der Waals surface area contributed by atoms with Crippen LogP contribution in [-0.4, -0.2) is 24.5 Å². The predicted molar refractivity (Wildman–Crippen MR) is 105 cm³/mol. The number of rotatable bonds is 3. The van der Waals surface area contributed by atoms with Gasteiger partial charge < -0.3 is 15.3 Å². The normalized spacial score (nSPS) is 12.0. The van der Waals surface area contributed by atoms with Gasteiger partial charge in [-0.05, 0) is 38.1 Å². The summed E-state index contributed by atoms with van der Waals surface area (Å²) >= 11 is 6.07. The smallest absolute Gasteiger partial charge is 0.327 e. The highest BCUT2D eigenvalue weighted by atomic mass is 35.5. The highest BCUT2D eigenvalue weighted by Gasteiger charge is 2.25. The third kappa shape index (κ3) is 2.97. The molecule has 138 valence electrons. The van der Waals surface area contributed by atoms with Gasteiger partial charge in [-0.1, -0.05) is 11.6 Å². The molecule has 0 aliphatic carbocycles. The van der Waals surface area contributed by atoms with Gasteiger partial charge in [-0.3, -0.25) is 9.36 Å². The van der Waals surface area contributed by atoms with Gasteiger partial charge in [0.2, 0.25) is 5.95 Å². The van der Waals surface area contributed by atoms with Crippen molar-refractivity contribution in [1.82, 2.24) is 24.5 Å². The van der Waals surface area contributed by atoms with E-state index in [-0.39, 0.29) is 11.2 Å². The van der Waals surface area contributed by atoms with Crippen LogP contribution in [0, 0.1) is 0 Å². The van der Waals surface area contributed by atoms with E-state index in [1.807, 2.05) is 13.8 Å². The molecule has 0 unspecified atom stereocenters. The van der Waals surface area contributed by atoms with Gasteiger partial charge in [0.05, 0.1) is 11.7 Å². The Labute approximate surface area is 158 Å². The van der Waals surface area contributed by atoms with E-state index in [0.717, 1.165) is 5.39 Å². The lowest BCUT2D eigenvalue weighted by Gasteiger charge is -2.26. The Morgan fingerprint density at radius 2 is 1.93 bits per heavy atom.